The van der Waals surface area contributed by atoms with Gasteiger partial charge in [0, 0.05) is 10.6 Å². The molecule has 0 spiro atoms. The minimum atomic E-state index is 0.213. The lowest BCUT2D eigenvalue weighted by Gasteiger charge is -2.17. The number of aryl methyl sites for hydroxylation is 1. The summed E-state index contributed by atoms with van der Waals surface area (Å²) in [6, 6.07) is 8.25. The fraction of sp³-hybridized carbons (Fsp3) is 0.385. The molecule has 1 aliphatic rings. The van der Waals surface area contributed by atoms with Crippen molar-refractivity contribution in [3.63, 3.8) is 0 Å². The van der Waals surface area contributed by atoms with E-state index in [1.54, 1.807) is 0 Å². The topological polar surface area (TPSA) is 36.1 Å². The van der Waals surface area contributed by atoms with Crippen LogP contribution < -0.4 is 16.2 Å². The highest BCUT2D eigenvalue weighted by Gasteiger charge is 2.19. The Morgan fingerprint density at radius 1 is 1.29 bits per heavy atom. The van der Waals surface area contributed by atoms with Gasteiger partial charge in [-0.2, -0.15) is 0 Å². The minimum Gasteiger partial charge on any atom is -0.363 e. The molecule has 0 aliphatic carbocycles. The van der Waals surface area contributed by atoms with Gasteiger partial charge in [-0.05, 0) is 31.9 Å². The highest BCUT2D eigenvalue weighted by atomic mass is 32.2. The number of hydrogen-bond acceptors (Lipinski definition) is 4. The summed E-state index contributed by atoms with van der Waals surface area (Å²) in [5, 5.41) is 3.45. The van der Waals surface area contributed by atoms with E-state index >= 15 is 0 Å². The molecular formula is C13H19N3S. The van der Waals surface area contributed by atoms with Crippen LogP contribution in [0.4, 0.5) is 5.69 Å². The molecule has 0 bridgehead atoms. The summed E-state index contributed by atoms with van der Waals surface area (Å²) in [5.74, 6) is 0. The second-order valence-corrected chi connectivity index (χ2v) is 5.43. The molecular weight excluding hydrogens is 230 g/mol. The molecule has 1 aromatic rings. The molecule has 92 valence electrons. The van der Waals surface area contributed by atoms with E-state index in [0.29, 0.717) is 0 Å². The molecule has 2 rings (SSSR count). The monoisotopic (exact) mass is 249 g/mol. The van der Waals surface area contributed by atoms with E-state index in [1.807, 2.05) is 23.9 Å². The quantitative estimate of drug-likeness (QED) is 0.716. The van der Waals surface area contributed by atoms with E-state index in [0.717, 1.165) is 12.1 Å². The average Bonchev–Trinajstić information content (AvgIpc) is 2.69. The van der Waals surface area contributed by atoms with Crippen molar-refractivity contribution in [3.8, 4) is 0 Å². The summed E-state index contributed by atoms with van der Waals surface area (Å²) in [7, 11) is 0. The minimum absolute atomic E-state index is 0.213. The Kier molecular flexibility index (Phi) is 3.97. The van der Waals surface area contributed by atoms with Crippen molar-refractivity contribution in [2.75, 3.05) is 5.43 Å². The van der Waals surface area contributed by atoms with Gasteiger partial charge in [-0.25, -0.2) is 5.43 Å². The summed E-state index contributed by atoms with van der Waals surface area (Å²) in [5.41, 5.74) is 10.5. The predicted octanol–water partition coefficient (Wildman–Crippen LogP) is 3.17. The molecule has 4 heteroatoms. The molecule has 3 N–H and O–H groups in total. The summed E-state index contributed by atoms with van der Waals surface area (Å²) < 4.78 is 0. The number of benzene rings is 1. The Morgan fingerprint density at radius 3 is 2.71 bits per heavy atom. The van der Waals surface area contributed by atoms with E-state index in [9.17, 15) is 0 Å². The third kappa shape index (κ3) is 2.96. The van der Waals surface area contributed by atoms with E-state index < -0.39 is 0 Å². The van der Waals surface area contributed by atoms with Crippen molar-refractivity contribution in [2.45, 2.75) is 32.7 Å². The Hall–Kier alpha value is -1.13. The van der Waals surface area contributed by atoms with Gasteiger partial charge in [-0.3, -0.25) is 0 Å². The lowest BCUT2D eigenvalue weighted by Crippen LogP contribution is -2.39. The number of rotatable bonds is 4. The fourth-order valence-corrected chi connectivity index (χ4v) is 2.83. The first-order chi connectivity index (χ1) is 8.20. The standard InChI is InChI=1S/C13H19N3S/c1-4-11-10(3)17-13(14-11)16-15-12-8-6-5-7-9(12)2/h5-8,13-16H,4H2,1-3H3. The third-order valence-electron chi connectivity index (χ3n) is 2.86. The van der Waals surface area contributed by atoms with Gasteiger partial charge in [0.25, 0.3) is 0 Å². The number of para-hydroxylation sites is 1. The van der Waals surface area contributed by atoms with Crippen LogP contribution in [0.2, 0.25) is 0 Å². The maximum absolute atomic E-state index is 3.45. The fourth-order valence-electron chi connectivity index (χ4n) is 1.81. The Labute approximate surface area is 107 Å². The Bertz CT molecular complexity index is 428. The molecule has 1 aromatic carbocycles. The molecule has 1 heterocycles. The van der Waals surface area contributed by atoms with Gasteiger partial charge in [-0.15, -0.1) is 0 Å². The van der Waals surface area contributed by atoms with E-state index in [4.69, 9.17) is 0 Å². The van der Waals surface area contributed by atoms with Gasteiger partial charge in [0.15, 0.2) is 0 Å². The molecule has 3 nitrogen and oxygen atoms in total. The molecule has 1 atom stereocenters. The number of hydrazine groups is 1. The summed E-state index contributed by atoms with van der Waals surface area (Å²) in [4.78, 5) is 1.37. The van der Waals surface area contributed by atoms with Crippen LogP contribution in [0.1, 0.15) is 25.8 Å². The van der Waals surface area contributed by atoms with Crippen molar-refractivity contribution in [3.05, 3.63) is 40.4 Å². The summed E-state index contributed by atoms with van der Waals surface area (Å²) in [6.07, 6.45) is 1.06. The molecule has 0 saturated carbocycles. The number of anilines is 1. The molecule has 0 radical (unpaired) electrons. The second-order valence-electron chi connectivity index (χ2n) is 4.11. The normalized spacial score (nSPS) is 19.4. The largest absolute Gasteiger partial charge is 0.363 e. The zero-order valence-corrected chi connectivity index (χ0v) is 11.3. The molecule has 1 aliphatic heterocycles. The van der Waals surface area contributed by atoms with Gasteiger partial charge in [0.1, 0.15) is 5.50 Å². The molecule has 0 saturated heterocycles. The Balaban J connectivity index is 1.87. The predicted molar refractivity (Wildman–Crippen MR) is 75.4 cm³/mol. The van der Waals surface area contributed by atoms with Crippen molar-refractivity contribution in [2.24, 2.45) is 0 Å². The molecule has 0 fully saturated rings. The van der Waals surface area contributed by atoms with Crippen LogP contribution in [0.3, 0.4) is 0 Å². The van der Waals surface area contributed by atoms with E-state index in [1.165, 1.54) is 16.2 Å². The maximum Gasteiger partial charge on any atom is 0.146 e. The highest BCUT2D eigenvalue weighted by Crippen LogP contribution is 2.29. The molecule has 0 aromatic heterocycles. The first-order valence-electron chi connectivity index (χ1n) is 5.91. The number of hydrogen-bond donors (Lipinski definition) is 3. The molecule has 1 unspecified atom stereocenters. The lowest BCUT2D eigenvalue weighted by molar-refractivity contribution is 0.647. The van der Waals surface area contributed by atoms with Crippen LogP contribution in [0.25, 0.3) is 0 Å². The van der Waals surface area contributed by atoms with Gasteiger partial charge >= 0.3 is 0 Å². The summed E-state index contributed by atoms with van der Waals surface area (Å²) >= 11 is 1.82. The zero-order chi connectivity index (χ0) is 12.3. The zero-order valence-electron chi connectivity index (χ0n) is 10.5. The molecule has 0 amide bonds. The van der Waals surface area contributed by atoms with Crippen LogP contribution in [-0.2, 0) is 0 Å². The first-order valence-corrected chi connectivity index (χ1v) is 6.78. The highest BCUT2D eigenvalue weighted by molar-refractivity contribution is 8.03. The number of thioether (sulfide) groups is 1. The van der Waals surface area contributed by atoms with Crippen LogP contribution in [-0.4, -0.2) is 5.50 Å². The van der Waals surface area contributed by atoms with E-state index in [2.05, 4.69) is 49.1 Å². The SMILES string of the molecule is CCC1=C(C)SC(NNc2ccccc2C)N1. The maximum atomic E-state index is 3.45. The van der Waals surface area contributed by atoms with Crippen molar-refractivity contribution in [1.82, 2.24) is 10.7 Å². The second kappa shape index (κ2) is 5.47. The van der Waals surface area contributed by atoms with Gasteiger partial charge in [0.05, 0.1) is 5.69 Å². The van der Waals surface area contributed by atoms with Gasteiger partial charge < -0.3 is 10.7 Å². The van der Waals surface area contributed by atoms with Crippen LogP contribution in [0, 0.1) is 6.92 Å². The third-order valence-corrected chi connectivity index (χ3v) is 3.93. The first kappa shape index (κ1) is 12.3. The van der Waals surface area contributed by atoms with E-state index in [-0.39, 0.29) is 5.50 Å². The summed E-state index contributed by atoms with van der Waals surface area (Å²) in [6.45, 7) is 6.43. The number of nitrogens with one attached hydrogen (secondary N) is 3. The van der Waals surface area contributed by atoms with Crippen LogP contribution in [0.15, 0.2) is 34.9 Å². The van der Waals surface area contributed by atoms with Gasteiger partial charge in [0.2, 0.25) is 0 Å². The van der Waals surface area contributed by atoms with Gasteiger partial charge in [-0.1, -0.05) is 36.9 Å². The van der Waals surface area contributed by atoms with Crippen LogP contribution >= 0.6 is 11.8 Å². The number of allylic oxidation sites excluding steroid dienone is 2. The van der Waals surface area contributed by atoms with Crippen LogP contribution in [0.5, 0.6) is 0 Å². The average molecular weight is 249 g/mol. The molecule has 17 heavy (non-hydrogen) atoms. The van der Waals surface area contributed by atoms with Crippen molar-refractivity contribution >= 4 is 17.4 Å². The smallest absolute Gasteiger partial charge is 0.146 e. The van der Waals surface area contributed by atoms with Crippen molar-refractivity contribution < 1.29 is 0 Å². The lowest BCUT2D eigenvalue weighted by atomic mass is 10.2. The Morgan fingerprint density at radius 2 is 2.06 bits per heavy atom. The van der Waals surface area contributed by atoms with Crippen molar-refractivity contribution in [1.29, 1.82) is 0 Å².